The first kappa shape index (κ1) is 10.4. The number of nitrogens with one attached hydrogen (secondary N) is 1. The molecule has 0 saturated heterocycles. The van der Waals surface area contributed by atoms with E-state index >= 15 is 0 Å². The molecule has 1 atom stereocenters. The third-order valence-electron chi connectivity index (χ3n) is 1.45. The molecule has 0 aromatic carbocycles. The Morgan fingerprint density at radius 2 is 2.54 bits per heavy atom. The fourth-order valence-electron chi connectivity index (χ4n) is 0.870. The Hall–Kier alpha value is -0.650. The van der Waals surface area contributed by atoms with Crippen LogP contribution >= 0.6 is 11.3 Å². The van der Waals surface area contributed by atoms with Crippen LogP contribution in [0.1, 0.15) is 11.8 Å². The highest BCUT2D eigenvalue weighted by Crippen LogP contribution is 2.19. The summed E-state index contributed by atoms with van der Waals surface area (Å²) >= 11 is 1.51. The summed E-state index contributed by atoms with van der Waals surface area (Å²) in [5.74, 6) is 0. The molecule has 0 fully saturated rings. The summed E-state index contributed by atoms with van der Waals surface area (Å²) in [6, 6.07) is 0. The summed E-state index contributed by atoms with van der Waals surface area (Å²) in [5, 5.41) is 12.8. The highest BCUT2D eigenvalue weighted by molar-refractivity contribution is 7.13. The first-order valence-electron chi connectivity index (χ1n) is 4.10. The van der Waals surface area contributed by atoms with E-state index < -0.39 is 0 Å². The Balaban J connectivity index is 2.28. The maximum atomic E-state index is 8.98. The lowest BCUT2D eigenvalue weighted by Crippen LogP contribution is -2.23. The van der Waals surface area contributed by atoms with Crippen molar-refractivity contribution in [3.8, 4) is 5.19 Å². The molecule has 4 nitrogen and oxygen atoms in total. The molecule has 1 rings (SSSR count). The number of aliphatic hydroxyl groups is 1. The van der Waals surface area contributed by atoms with Crippen molar-refractivity contribution in [1.82, 2.24) is 10.3 Å². The number of methoxy groups -OCH3 is 1. The van der Waals surface area contributed by atoms with Crippen LogP contribution in [0.4, 0.5) is 0 Å². The molecule has 0 aliphatic rings. The number of rotatable bonds is 5. The molecule has 1 aromatic heterocycles. The van der Waals surface area contributed by atoms with Gasteiger partial charge in [-0.1, -0.05) is 11.3 Å². The van der Waals surface area contributed by atoms with Gasteiger partial charge in [-0.2, -0.15) is 0 Å². The van der Waals surface area contributed by atoms with E-state index in [1.54, 1.807) is 20.2 Å². The SMILES string of the molecule is COc1ncc(CNCC(C)O)s1. The minimum Gasteiger partial charge on any atom is -0.473 e. The molecule has 0 radical (unpaired) electrons. The number of hydrogen-bond acceptors (Lipinski definition) is 5. The summed E-state index contributed by atoms with van der Waals surface area (Å²) in [6.45, 7) is 3.08. The van der Waals surface area contributed by atoms with Gasteiger partial charge in [0, 0.05) is 24.2 Å². The molecule has 1 unspecified atom stereocenters. The van der Waals surface area contributed by atoms with Crippen molar-refractivity contribution in [1.29, 1.82) is 0 Å². The highest BCUT2D eigenvalue weighted by Gasteiger charge is 2.01. The second kappa shape index (κ2) is 5.16. The van der Waals surface area contributed by atoms with Gasteiger partial charge in [-0.3, -0.25) is 0 Å². The molecule has 0 aliphatic heterocycles. The second-order valence-electron chi connectivity index (χ2n) is 2.78. The summed E-state index contributed by atoms with van der Waals surface area (Å²) < 4.78 is 4.95. The van der Waals surface area contributed by atoms with E-state index in [2.05, 4.69) is 10.3 Å². The monoisotopic (exact) mass is 202 g/mol. The Morgan fingerprint density at radius 1 is 1.77 bits per heavy atom. The average molecular weight is 202 g/mol. The van der Waals surface area contributed by atoms with Crippen LogP contribution < -0.4 is 10.1 Å². The topological polar surface area (TPSA) is 54.4 Å². The molecule has 2 N–H and O–H groups in total. The van der Waals surface area contributed by atoms with Crippen LogP contribution in [0.15, 0.2) is 6.20 Å². The highest BCUT2D eigenvalue weighted by atomic mass is 32.1. The van der Waals surface area contributed by atoms with E-state index in [1.807, 2.05) is 0 Å². The lowest BCUT2D eigenvalue weighted by Gasteiger charge is -2.03. The smallest absolute Gasteiger partial charge is 0.273 e. The minimum atomic E-state index is -0.310. The van der Waals surface area contributed by atoms with Crippen molar-refractivity contribution in [3.63, 3.8) is 0 Å². The van der Waals surface area contributed by atoms with Crippen molar-refractivity contribution in [3.05, 3.63) is 11.1 Å². The van der Waals surface area contributed by atoms with E-state index in [0.29, 0.717) is 11.7 Å². The van der Waals surface area contributed by atoms with Gasteiger partial charge in [-0.25, -0.2) is 4.98 Å². The number of aromatic nitrogens is 1. The summed E-state index contributed by atoms with van der Waals surface area (Å²) in [7, 11) is 1.60. The molecular formula is C8H14N2O2S. The maximum Gasteiger partial charge on any atom is 0.273 e. The summed E-state index contributed by atoms with van der Waals surface area (Å²) in [5.41, 5.74) is 0. The van der Waals surface area contributed by atoms with Crippen molar-refractivity contribution in [2.75, 3.05) is 13.7 Å². The molecule has 1 aromatic rings. The molecule has 1 heterocycles. The fraction of sp³-hybridized carbons (Fsp3) is 0.625. The van der Waals surface area contributed by atoms with Crippen LogP contribution in [0.2, 0.25) is 0 Å². The number of thiazole rings is 1. The third kappa shape index (κ3) is 3.71. The predicted octanol–water partition coefficient (Wildman–Crippen LogP) is 0.622. The van der Waals surface area contributed by atoms with Gasteiger partial charge in [0.1, 0.15) is 0 Å². The Labute approximate surface area is 81.6 Å². The quantitative estimate of drug-likeness (QED) is 0.735. The van der Waals surface area contributed by atoms with Gasteiger partial charge in [0.15, 0.2) is 0 Å². The van der Waals surface area contributed by atoms with Crippen LogP contribution in [0.3, 0.4) is 0 Å². The molecular weight excluding hydrogens is 188 g/mol. The summed E-state index contributed by atoms with van der Waals surface area (Å²) in [4.78, 5) is 5.14. The van der Waals surface area contributed by atoms with Crippen LogP contribution in [-0.2, 0) is 6.54 Å². The van der Waals surface area contributed by atoms with Gasteiger partial charge >= 0.3 is 0 Å². The van der Waals surface area contributed by atoms with E-state index in [9.17, 15) is 0 Å². The normalized spacial score (nSPS) is 12.8. The largest absolute Gasteiger partial charge is 0.473 e. The van der Waals surface area contributed by atoms with Crippen molar-refractivity contribution < 1.29 is 9.84 Å². The average Bonchev–Trinajstić information content (AvgIpc) is 2.52. The Morgan fingerprint density at radius 3 is 3.08 bits per heavy atom. The molecule has 0 amide bonds. The van der Waals surface area contributed by atoms with E-state index in [0.717, 1.165) is 11.4 Å². The van der Waals surface area contributed by atoms with E-state index in [4.69, 9.17) is 9.84 Å². The van der Waals surface area contributed by atoms with Gasteiger partial charge in [-0.15, -0.1) is 0 Å². The number of hydrogen-bond donors (Lipinski definition) is 2. The first-order chi connectivity index (χ1) is 6.22. The van der Waals surface area contributed by atoms with Crippen LogP contribution in [0.25, 0.3) is 0 Å². The Kier molecular flexibility index (Phi) is 4.14. The lowest BCUT2D eigenvalue weighted by atomic mass is 10.4. The van der Waals surface area contributed by atoms with Gasteiger partial charge in [0.25, 0.3) is 5.19 Å². The van der Waals surface area contributed by atoms with Gasteiger partial charge < -0.3 is 15.2 Å². The van der Waals surface area contributed by atoms with Gasteiger partial charge in [0.2, 0.25) is 0 Å². The Bertz CT molecular complexity index is 250. The minimum absolute atomic E-state index is 0.310. The number of aliphatic hydroxyl groups excluding tert-OH is 1. The zero-order valence-corrected chi connectivity index (χ0v) is 8.60. The van der Waals surface area contributed by atoms with Crippen molar-refractivity contribution >= 4 is 11.3 Å². The molecule has 0 saturated carbocycles. The van der Waals surface area contributed by atoms with Crippen LogP contribution in [0, 0.1) is 0 Å². The van der Waals surface area contributed by atoms with Crippen molar-refractivity contribution in [2.45, 2.75) is 19.6 Å². The molecule has 0 bridgehead atoms. The molecule has 5 heteroatoms. The van der Waals surface area contributed by atoms with Crippen LogP contribution in [0.5, 0.6) is 5.19 Å². The molecule has 0 aliphatic carbocycles. The standard InChI is InChI=1S/C8H14N2O2S/c1-6(11)3-9-4-7-5-10-8(12-2)13-7/h5-6,9,11H,3-4H2,1-2H3. The lowest BCUT2D eigenvalue weighted by molar-refractivity contribution is 0.191. The van der Waals surface area contributed by atoms with Crippen molar-refractivity contribution in [2.24, 2.45) is 0 Å². The zero-order chi connectivity index (χ0) is 9.68. The fourth-order valence-corrected chi connectivity index (χ4v) is 1.56. The van der Waals surface area contributed by atoms with E-state index in [-0.39, 0.29) is 6.10 Å². The van der Waals surface area contributed by atoms with Gasteiger partial charge in [-0.05, 0) is 6.92 Å². The number of ether oxygens (including phenoxy) is 1. The molecule has 0 spiro atoms. The predicted molar refractivity (Wildman–Crippen MR) is 52.1 cm³/mol. The van der Waals surface area contributed by atoms with Gasteiger partial charge in [0.05, 0.1) is 13.2 Å². The van der Waals surface area contributed by atoms with E-state index in [1.165, 1.54) is 11.3 Å². The van der Waals surface area contributed by atoms with Crippen LogP contribution in [-0.4, -0.2) is 29.8 Å². The molecule has 13 heavy (non-hydrogen) atoms. The summed E-state index contributed by atoms with van der Waals surface area (Å²) in [6.07, 6.45) is 1.47. The third-order valence-corrected chi connectivity index (χ3v) is 2.40. The second-order valence-corrected chi connectivity index (χ2v) is 3.85. The molecule has 74 valence electrons. The number of nitrogens with zero attached hydrogens (tertiary/aromatic N) is 1. The maximum absolute atomic E-state index is 8.98. The first-order valence-corrected chi connectivity index (χ1v) is 4.91. The zero-order valence-electron chi connectivity index (χ0n) is 7.78.